The van der Waals surface area contributed by atoms with Crippen LogP contribution in [0, 0.1) is 0 Å². The van der Waals surface area contributed by atoms with Gasteiger partial charge in [0.05, 0.1) is 0 Å². The average molecular weight is 355 g/mol. The number of nitrogens with two attached hydrogens (primary N) is 1. The number of carboxylic acid groups (broad SMARTS) is 1. The Morgan fingerprint density at radius 1 is 1.35 bits per heavy atom. The van der Waals surface area contributed by atoms with E-state index in [2.05, 4.69) is 15.9 Å². The molecular weight excluding hydrogens is 345 g/mol. The van der Waals surface area contributed by atoms with E-state index in [-0.39, 0.29) is 5.56 Å². The van der Waals surface area contributed by atoms with Crippen molar-refractivity contribution in [3.05, 3.63) is 28.2 Å². The fourth-order valence-corrected chi connectivity index (χ4v) is 1.59. The minimum atomic E-state index is -5.14. The van der Waals surface area contributed by atoms with Crippen LogP contribution < -0.4 is 11.1 Å². The summed E-state index contributed by atoms with van der Waals surface area (Å²) in [6.45, 7) is 0.375. The number of carbonyl (C=O) groups is 2. The van der Waals surface area contributed by atoms with E-state index in [1.807, 2.05) is 0 Å². The average Bonchev–Trinajstić information content (AvgIpc) is 2.30. The molecular formula is C11H10BrF3N2O3. The minimum Gasteiger partial charge on any atom is -0.479 e. The molecule has 1 amide bonds. The van der Waals surface area contributed by atoms with Gasteiger partial charge in [0.25, 0.3) is 5.91 Å². The number of carboxylic acids is 1. The molecule has 0 fully saturated rings. The predicted molar refractivity (Wildman–Crippen MR) is 68.1 cm³/mol. The number of carbonyl (C=O) groups excluding carboxylic acids is 1. The van der Waals surface area contributed by atoms with Crippen LogP contribution in [0.2, 0.25) is 0 Å². The van der Waals surface area contributed by atoms with Gasteiger partial charge in [0.15, 0.2) is 0 Å². The van der Waals surface area contributed by atoms with Gasteiger partial charge in [0, 0.05) is 15.7 Å². The topological polar surface area (TPSA) is 92.4 Å². The zero-order chi connectivity index (χ0) is 15.7. The molecule has 5 nitrogen and oxygen atoms in total. The lowest BCUT2D eigenvalue weighted by atomic mass is 10.0. The van der Waals surface area contributed by atoms with Crippen LogP contribution in [0.25, 0.3) is 0 Å². The number of amides is 1. The highest BCUT2D eigenvalue weighted by molar-refractivity contribution is 9.10. The van der Waals surface area contributed by atoms with Crippen LogP contribution in [0.1, 0.15) is 17.3 Å². The molecule has 4 N–H and O–H groups in total. The number of anilines is 1. The third-order valence-corrected chi connectivity index (χ3v) is 3.31. The zero-order valence-electron chi connectivity index (χ0n) is 10.1. The fourth-order valence-electron chi connectivity index (χ4n) is 1.21. The van der Waals surface area contributed by atoms with Crippen molar-refractivity contribution in [3.8, 4) is 0 Å². The molecule has 0 radical (unpaired) electrons. The fraction of sp³-hybridized carbons (Fsp3) is 0.273. The Kier molecular flexibility index (Phi) is 4.33. The van der Waals surface area contributed by atoms with Gasteiger partial charge >= 0.3 is 12.1 Å². The third-order valence-electron chi connectivity index (χ3n) is 2.62. The van der Waals surface area contributed by atoms with Crippen molar-refractivity contribution in [1.29, 1.82) is 0 Å². The van der Waals surface area contributed by atoms with E-state index in [1.54, 1.807) is 0 Å². The van der Waals surface area contributed by atoms with Gasteiger partial charge in [-0.2, -0.15) is 13.2 Å². The maximum atomic E-state index is 12.7. The molecule has 1 atom stereocenters. The van der Waals surface area contributed by atoms with Gasteiger partial charge in [0.2, 0.25) is 5.54 Å². The number of rotatable bonds is 3. The maximum absolute atomic E-state index is 12.7. The highest BCUT2D eigenvalue weighted by atomic mass is 79.9. The quantitative estimate of drug-likeness (QED) is 0.725. The molecule has 1 rings (SSSR count). The van der Waals surface area contributed by atoms with Crippen LogP contribution in [-0.4, -0.2) is 28.7 Å². The van der Waals surface area contributed by atoms with Gasteiger partial charge in [0.1, 0.15) is 0 Å². The minimum absolute atomic E-state index is 0.150. The molecule has 0 heterocycles. The van der Waals surface area contributed by atoms with Gasteiger partial charge < -0.3 is 16.2 Å². The van der Waals surface area contributed by atoms with Gasteiger partial charge in [-0.1, -0.05) is 0 Å². The van der Waals surface area contributed by atoms with E-state index in [1.165, 1.54) is 23.5 Å². The van der Waals surface area contributed by atoms with Crippen LogP contribution in [-0.2, 0) is 4.79 Å². The largest absolute Gasteiger partial charge is 0.479 e. The zero-order valence-corrected chi connectivity index (χ0v) is 11.7. The molecule has 1 aromatic carbocycles. The molecule has 1 unspecified atom stereocenters. The van der Waals surface area contributed by atoms with Crippen molar-refractivity contribution in [1.82, 2.24) is 5.32 Å². The number of aliphatic carboxylic acids is 1. The molecule has 0 spiro atoms. The van der Waals surface area contributed by atoms with Crippen LogP contribution in [0.15, 0.2) is 22.7 Å². The van der Waals surface area contributed by atoms with Crippen LogP contribution in [0.4, 0.5) is 18.9 Å². The number of hydrogen-bond donors (Lipinski definition) is 3. The first-order valence-corrected chi connectivity index (χ1v) is 5.96. The summed E-state index contributed by atoms with van der Waals surface area (Å²) in [7, 11) is 0. The Morgan fingerprint density at radius 2 is 1.90 bits per heavy atom. The van der Waals surface area contributed by atoms with Crippen molar-refractivity contribution in [2.24, 2.45) is 0 Å². The summed E-state index contributed by atoms with van der Waals surface area (Å²) in [6.07, 6.45) is -5.14. The first-order chi connectivity index (χ1) is 8.99. The van der Waals surface area contributed by atoms with Crippen molar-refractivity contribution in [3.63, 3.8) is 0 Å². The molecule has 0 aliphatic rings. The predicted octanol–water partition coefficient (Wildman–Crippen LogP) is 2.17. The Balaban J connectivity index is 3.09. The van der Waals surface area contributed by atoms with Gasteiger partial charge in [-0.3, -0.25) is 4.79 Å². The van der Waals surface area contributed by atoms with Crippen molar-refractivity contribution < 1.29 is 27.9 Å². The molecule has 0 aromatic heterocycles. The van der Waals surface area contributed by atoms with Crippen molar-refractivity contribution in [2.45, 2.75) is 18.6 Å². The van der Waals surface area contributed by atoms with Crippen LogP contribution >= 0.6 is 15.9 Å². The summed E-state index contributed by atoms with van der Waals surface area (Å²) in [5.74, 6) is -3.37. The lowest BCUT2D eigenvalue weighted by molar-refractivity contribution is -0.203. The smallest absolute Gasteiger partial charge is 0.422 e. The standard InChI is InChI=1S/C11H10BrF3N2O3/c1-10(9(19)20,11(13,14)15)17-8(18)5-2-3-7(16)6(12)4-5/h2-4H,16H2,1H3,(H,17,18)(H,19,20). The number of benzene rings is 1. The van der Waals surface area contributed by atoms with E-state index >= 15 is 0 Å². The summed E-state index contributed by atoms with van der Waals surface area (Å²) in [4.78, 5) is 22.5. The van der Waals surface area contributed by atoms with E-state index in [4.69, 9.17) is 10.8 Å². The Morgan fingerprint density at radius 3 is 2.30 bits per heavy atom. The lowest BCUT2D eigenvalue weighted by Crippen LogP contribution is -2.61. The maximum Gasteiger partial charge on any atom is 0.422 e. The second-order valence-corrected chi connectivity index (χ2v) is 4.97. The van der Waals surface area contributed by atoms with Crippen LogP contribution in [0.5, 0.6) is 0 Å². The van der Waals surface area contributed by atoms with Gasteiger partial charge in [-0.15, -0.1) is 0 Å². The summed E-state index contributed by atoms with van der Waals surface area (Å²) in [5, 5.41) is 10.2. The summed E-state index contributed by atoms with van der Waals surface area (Å²) in [6, 6.07) is 3.70. The van der Waals surface area contributed by atoms with E-state index < -0.39 is 23.6 Å². The Hall–Kier alpha value is -1.77. The number of halogens is 4. The second kappa shape index (κ2) is 5.31. The number of hydrogen-bond acceptors (Lipinski definition) is 3. The molecule has 0 aliphatic heterocycles. The van der Waals surface area contributed by atoms with Crippen LogP contribution in [0.3, 0.4) is 0 Å². The summed E-state index contributed by atoms with van der Waals surface area (Å²) < 4.78 is 38.6. The van der Waals surface area contributed by atoms with E-state index in [0.717, 1.165) is 0 Å². The Labute approximate surface area is 120 Å². The Bertz CT molecular complexity index is 562. The number of nitrogen functional groups attached to an aromatic ring is 1. The van der Waals surface area contributed by atoms with Gasteiger partial charge in [-0.25, -0.2) is 4.79 Å². The number of nitrogens with one attached hydrogen (secondary N) is 1. The number of alkyl halides is 3. The summed E-state index contributed by atoms with van der Waals surface area (Å²) >= 11 is 3.02. The first kappa shape index (κ1) is 16.3. The molecule has 0 bridgehead atoms. The molecule has 9 heteroatoms. The molecule has 0 saturated heterocycles. The van der Waals surface area contributed by atoms with Crippen molar-refractivity contribution in [2.75, 3.05) is 5.73 Å². The molecule has 0 saturated carbocycles. The second-order valence-electron chi connectivity index (χ2n) is 4.12. The van der Waals surface area contributed by atoms with E-state index in [9.17, 15) is 22.8 Å². The lowest BCUT2D eigenvalue weighted by Gasteiger charge is -2.28. The van der Waals surface area contributed by atoms with Crippen molar-refractivity contribution >= 4 is 33.5 Å². The SMILES string of the molecule is CC(NC(=O)c1ccc(N)c(Br)c1)(C(=O)O)C(F)(F)F. The first-order valence-electron chi connectivity index (χ1n) is 5.16. The van der Waals surface area contributed by atoms with Gasteiger partial charge in [-0.05, 0) is 41.1 Å². The monoisotopic (exact) mass is 354 g/mol. The molecule has 1 aromatic rings. The normalized spacial score (nSPS) is 14.4. The highest BCUT2D eigenvalue weighted by Gasteiger charge is 2.58. The van der Waals surface area contributed by atoms with E-state index in [0.29, 0.717) is 17.1 Å². The third kappa shape index (κ3) is 3.03. The molecule has 110 valence electrons. The molecule has 0 aliphatic carbocycles. The highest BCUT2D eigenvalue weighted by Crippen LogP contribution is 2.31. The molecule has 20 heavy (non-hydrogen) atoms. The summed E-state index contributed by atoms with van der Waals surface area (Å²) in [5.41, 5.74) is 2.24.